The summed E-state index contributed by atoms with van der Waals surface area (Å²) in [7, 11) is 0. The lowest BCUT2D eigenvalue weighted by Gasteiger charge is -2.09. The van der Waals surface area contributed by atoms with Gasteiger partial charge in [0.25, 0.3) is 0 Å². The standard InChI is InChI=1S/C14H8BrF3N2/c15-11-6-9(14(16,17)18)7-12-13(11)19-8-20(12)10-4-2-1-3-5-10/h1-8H. The molecule has 0 fully saturated rings. The number of rotatable bonds is 1. The van der Waals surface area contributed by atoms with E-state index in [1.807, 2.05) is 30.3 Å². The molecule has 1 aromatic heterocycles. The van der Waals surface area contributed by atoms with E-state index < -0.39 is 11.7 Å². The van der Waals surface area contributed by atoms with Crippen molar-refractivity contribution in [1.29, 1.82) is 0 Å². The number of alkyl halides is 3. The number of hydrogen-bond acceptors (Lipinski definition) is 1. The van der Waals surface area contributed by atoms with Crippen LogP contribution >= 0.6 is 15.9 Å². The van der Waals surface area contributed by atoms with Crippen molar-refractivity contribution in [1.82, 2.24) is 9.55 Å². The predicted molar refractivity (Wildman–Crippen MR) is 73.8 cm³/mol. The molecule has 3 rings (SSSR count). The Morgan fingerprint density at radius 3 is 2.40 bits per heavy atom. The first kappa shape index (κ1) is 13.2. The van der Waals surface area contributed by atoms with Gasteiger partial charge in [-0.15, -0.1) is 0 Å². The molecule has 0 saturated heterocycles. The summed E-state index contributed by atoms with van der Waals surface area (Å²) in [5, 5.41) is 0. The first-order chi connectivity index (χ1) is 9.47. The maximum Gasteiger partial charge on any atom is 0.416 e. The van der Waals surface area contributed by atoms with Crippen LogP contribution in [0.25, 0.3) is 16.7 Å². The molecule has 0 saturated carbocycles. The Morgan fingerprint density at radius 2 is 1.75 bits per heavy atom. The van der Waals surface area contributed by atoms with Gasteiger partial charge < -0.3 is 0 Å². The van der Waals surface area contributed by atoms with Gasteiger partial charge >= 0.3 is 6.18 Å². The fraction of sp³-hybridized carbons (Fsp3) is 0.0714. The van der Waals surface area contributed by atoms with Gasteiger partial charge in [-0.25, -0.2) is 4.98 Å². The van der Waals surface area contributed by atoms with E-state index in [1.165, 1.54) is 6.33 Å². The lowest BCUT2D eigenvalue weighted by Crippen LogP contribution is -2.05. The Morgan fingerprint density at radius 1 is 1.05 bits per heavy atom. The van der Waals surface area contributed by atoms with Crippen molar-refractivity contribution in [3.05, 3.63) is 58.8 Å². The SMILES string of the molecule is FC(F)(F)c1cc(Br)c2ncn(-c3ccccc3)c2c1. The quantitative estimate of drug-likeness (QED) is 0.621. The third-order valence-corrected chi connectivity index (χ3v) is 3.57. The summed E-state index contributed by atoms with van der Waals surface area (Å²) in [5.74, 6) is 0. The average Bonchev–Trinajstić information content (AvgIpc) is 2.83. The molecule has 6 heteroatoms. The molecule has 0 bridgehead atoms. The zero-order chi connectivity index (χ0) is 14.3. The Hall–Kier alpha value is -1.82. The van der Waals surface area contributed by atoms with E-state index in [0.717, 1.165) is 17.8 Å². The van der Waals surface area contributed by atoms with Gasteiger partial charge in [-0.2, -0.15) is 13.2 Å². The average molecular weight is 341 g/mol. The van der Waals surface area contributed by atoms with Gasteiger partial charge in [0.15, 0.2) is 0 Å². The molecular weight excluding hydrogens is 333 g/mol. The zero-order valence-corrected chi connectivity index (χ0v) is 11.6. The number of fused-ring (bicyclic) bond motifs is 1. The topological polar surface area (TPSA) is 17.8 Å². The molecule has 1 heterocycles. The summed E-state index contributed by atoms with van der Waals surface area (Å²) in [4.78, 5) is 4.17. The molecule has 0 amide bonds. The summed E-state index contributed by atoms with van der Waals surface area (Å²) < 4.78 is 40.6. The molecule has 0 aliphatic carbocycles. The highest BCUT2D eigenvalue weighted by Gasteiger charge is 2.31. The van der Waals surface area contributed by atoms with Crippen molar-refractivity contribution < 1.29 is 13.2 Å². The molecule has 20 heavy (non-hydrogen) atoms. The third kappa shape index (κ3) is 2.20. The Bertz CT molecular complexity index is 763. The molecule has 0 aliphatic heterocycles. The van der Waals surface area contributed by atoms with Crippen molar-refractivity contribution in [2.24, 2.45) is 0 Å². The maximum atomic E-state index is 12.9. The number of halogens is 4. The summed E-state index contributed by atoms with van der Waals surface area (Å²) in [6, 6.07) is 11.3. The third-order valence-electron chi connectivity index (χ3n) is 2.97. The molecule has 0 N–H and O–H groups in total. The normalized spacial score (nSPS) is 12.0. The highest BCUT2D eigenvalue weighted by Crippen LogP contribution is 2.35. The fourth-order valence-corrected chi connectivity index (χ4v) is 2.58. The maximum absolute atomic E-state index is 12.9. The molecular formula is C14H8BrF3N2. The van der Waals surface area contributed by atoms with Crippen LogP contribution in [0.4, 0.5) is 13.2 Å². The molecule has 2 aromatic carbocycles. The van der Waals surface area contributed by atoms with Gasteiger partial charge in [0.2, 0.25) is 0 Å². The van der Waals surface area contributed by atoms with Crippen molar-refractivity contribution in [3.8, 4) is 5.69 Å². The number of imidazole rings is 1. The molecule has 2 nitrogen and oxygen atoms in total. The minimum atomic E-state index is -4.39. The van der Waals surface area contributed by atoms with E-state index in [2.05, 4.69) is 20.9 Å². The first-order valence-electron chi connectivity index (χ1n) is 5.76. The van der Waals surface area contributed by atoms with Crippen molar-refractivity contribution >= 4 is 27.0 Å². The van der Waals surface area contributed by atoms with E-state index in [4.69, 9.17) is 0 Å². The number of para-hydroxylation sites is 1. The van der Waals surface area contributed by atoms with Gasteiger partial charge in [0.1, 0.15) is 11.8 Å². The van der Waals surface area contributed by atoms with Gasteiger partial charge in [-0.1, -0.05) is 18.2 Å². The molecule has 0 radical (unpaired) electrons. The van der Waals surface area contributed by atoms with Crippen LogP contribution in [0.5, 0.6) is 0 Å². The summed E-state index contributed by atoms with van der Waals surface area (Å²) in [5.41, 5.74) is 0.982. The Labute approximate surface area is 121 Å². The molecule has 102 valence electrons. The van der Waals surface area contributed by atoms with Crippen LogP contribution < -0.4 is 0 Å². The number of aromatic nitrogens is 2. The van der Waals surface area contributed by atoms with Gasteiger partial charge in [-0.05, 0) is 40.2 Å². The van der Waals surface area contributed by atoms with Crippen molar-refractivity contribution in [3.63, 3.8) is 0 Å². The van der Waals surface area contributed by atoms with Gasteiger partial charge in [-0.3, -0.25) is 4.57 Å². The first-order valence-corrected chi connectivity index (χ1v) is 6.55. The molecule has 0 spiro atoms. The Balaban J connectivity index is 2.28. The summed E-state index contributed by atoms with van der Waals surface area (Å²) in [6.45, 7) is 0. The lowest BCUT2D eigenvalue weighted by atomic mass is 10.2. The number of benzene rings is 2. The van der Waals surface area contributed by atoms with Crippen molar-refractivity contribution in [2.45, 2.75) is 6.18 Å². The summed E-state index contributed by atoms with van der Waals surface area (Å²) in [6.07, 6.45) is -2.87. The molecule has 3 aromatic rings. The molecule has 0 aliphatic rings. The lowest BCUT2D eigenvalue weighted by molar-refractivity contribution is -0.137. The van der Waals surface area contributed by atoms with E-state index in [0.29, 0.717) is 15.5 Å². The van der Waals surface area contributed by atoms with E-state index in [-0.39, 0.29) is 0 Å². The van der Waals surface area contributed by atoms with Crippen LogP contribution in [0.2, 0.25) is 0 Å². The smallest absolute Gasteiger partial charge is 0.299 e. The predicted octanol–water partition coefficient (Wildman–Crippen LogP) is 4.81. The van der Waals surface area contributed by atoms with Crippen molar-refractivity contribution in [2.75, 3.05) is 0 Å². The summed E-state index contributed by atoms with van der Waals surface area (Å²) >= 11 is 3.15. The second kappa shape index (κ2) is 4.63. The second-order valence-corrected chi connectivity index (χ2v) is 5.13. The van der Waals surface area contributed by atoms with Crippen LogP contribution in [0.3, 0.4) is 0 Å². The number of nitrogens with zero attached hydrogens (tertiary/aromatic N) is 2. The van der Waals surface area contributed by atoms with Crippen LogP contribution in [0, 0.1) is 0 Å². The van der Waals surface area contributed by atoms with Gasteiger partial charge in [0.05, 0.1) is 11.1 Å². The van der Waals surface area contributed by atoms with E-state index >= 15 is 0 Å². The Kier molecular flexibility index (Phi) is 3.05. The molecule has 0 atom stereocenters. The second-order valence-electron chi connectivity index (χ2n) is 4.27. The molecule has 0 unspecified atom stereocenters. The van der Waals surface area contributed by atoms with Gasteiger partial charge in [0, 0.05) is 10.2 Å². The highest BCUT2D eigenvalue weighted by molar-refractivity contribution is 9.10. The van der Waals surface area contributed by atoms with Crippen LogP contribution in [0.15, 0.2) is 53.3 Å². The van der Waals surface area contributed by atoms with Crippen LogP contribution in [0.1, 0.15) is 5.56 Å². The van der Waals surface area contributed by atoms with Crippen LogP contribution in [-0.2, 0) is 6.18 Å². The van der Waals surface area contributed by atoms with E-state index in [1.54, 1.807) is 4.57 Å². The fourth-order valence-electron chi connectivity index (χ4n) is 2.03. The van der Waals surface area contributed by atoms with E-state index in [9.17, 15) is 13.2 Å². The minimum absolute atomic E-state index is 0.331. The zero-order valence-electron chi connectivity index (χ0n) is 10.0. The monoisotopic (exact) mass is 340 g/mol. The minimum Gasteiger partial charge on any atom is -0.299 e. The highest BCUT2D eigenvalue weighted by atomic mass is 79.9. The van der Waals surface area contributed by atoms with Crippen LogP contribution in [-0.4, -0.2) is 9.55 Å². The largest absolute Gasteiger partial charge is 0.416 e. The number of hydrogen-bond donors (Lipinski definition) is 0.